The number of likely N-dealkylation sites (tertiary alicyclic amines) is 1. The van der Waals surface area contributed by atoms with Gasteiger partial charge in [-0.05, 0) is 30.7 Å². The molecule has 0 aliphatic carbocycles. The molecule has 25 heavy (non-hydrogen) atoms. The highest BCUT2D eigenvalue weighted by molar-refractivity contribution is 7.17. The van der Waals surface area contributed by atoms with Crippen LogP contribution in [0.4, 0.5) is 0 Å². The fourth-order valence-electron chi connectivity index (χ4n) is 4.11. The van der Waals surface area contributed by atoms with Gasteiger partial charge in [-0.2, -0.15) is 4.52 Å². The summed E-state index contributed by atoms with van der Waals surface area (Å²) in [4.78, 5) is 8.63. The van der Waals surface area contributed by atoms with Crippen LogP contribution in [0.25, 0.3) is 4.96 Å². The molecule has 1 fully saturated rings. The lowest BCUT2D eigenvalue weighted by molar-refractivity contribution is 0.112. The molecular formula is C19H24N4OS. The van der Waals surface area contributed by atoms with E-state index in [0.717, 1.165) is 22.9 Å². The van der Waals surface area contributed by atoms with E-state index >= 15 is 0 Å². The minimum atomic E-state index is 0.0419. The maximum Gasteiger partial charge on any atom is 0.230 e. The third-order valence-electron chi connectivity index (χ3n) is 4.93. The second-order valence-corrected chi connectivity index (χ2v) is 8.37. The van der Waals surface area contributed by atoms with Gasteiger partial charge in [0.05, 0.1) is 10.9 Å². The molecule has 0 radical (unpaired) electrons. The highest BCUT2D eigenvalue weighted by Crippen LogP contribution is 2.41. The lowest BCUT2D eigenvalue weighted by atomic mass is 9.89. The van der Waals surface area contributed by atoms with E-state index < -0.39 is 0 Å². The van der Waals surface area contributed by atoms with Gasteiger partial charge in [0.2, 0.25) is 10.8 Å². The molecule has 3 heterocycles. The van der Waals surface area contributed by atoms with Crippen molar-refractivity contribution in [1.82, 2.24) is 19.5 Å². The zero-order valence-corrected chi connectivity index (χ0v) is 15.7. The Morgan fingerprint density at radius 3 is 2.48 bits per heavy atom. The van der Waals surface area contributed by atoms with Crippen LogP contribution in [0, 0.1) is 18.8 Å². The summed E-state index contributed by atoms with van der Waals surface area (Å²) in [6.07, 6.45) is 1.26. The minimum absolute atomic E-state index is 0.0419. The van der Waals surface area contributed by atoms with Crippen LogP contribution in [0.1, 0.15) is 42.6 Å². The topological polar surface area (TPSA) is 53.7 Å². The fourth-order valence-corrected chi connectivity index (χ4v) is 5.27. The average Bonchev–Trinajstić information content (AvgIpc) is 3.06. The standard InChI is InChI=1S/C19H24N4OS/c1-12-9-13(2)11-22(10-12)16(15-7-5-4-6-8-15)17-18(24)23-19(25-17)20-14(3)21-23/h4-8,12-13,16,24H,9-11H2,1-3H3/t12-,13-,16+/m1/s1. The number of benzene rings is 1. The van der Waals surface area contributed by atoms with Crippen molar-refractivity contribution >= 4 is 16.3 Å². The van der Waals surface area contributed by atoms with Gasteiger partial charge >= 0.3 is 0 Å². The second kappa shape index (κ2) is 6.42. The Morgan fingerprint density at radius 1 is 1.16 bits per heavy atom. The number of rotatable bonds is 3. The summed E-state index contributed by atoms with van der Waals surface area (Å²) in [6.45, 7) is 8.56. The number of hydrogen-bond donors (Lipinski definition) is 1. The van der Waals surface area contributed by atoms with Crippen LogP contribution in [0.5, 0.6) is 5.88 Å². The Kier molecular flexibility index (Phi) is 4.25. The third-order valence-corrected chi connectivity index (χ3v) is 6.00. The van der Waals surface area contributed by atoms with Gasteiger partial charge in [-0.1, -0.05) is 55.5 Å². The van der Waals surface area contributed by atoms with Crippen molar-refractivity contribution in [3.63, 3.8) is 0 Å². The molecule has 0 amide bonds. The van der Waals surface area contributed by atoms with Crippen LogP contribution in [0.3, 0.4) is 0 Å². The van der Waals surface area contributed by atoms with Gasteiger partial charge in [-0.25, -0.2) is 4.98 Å². The molecule has 3 aromatic rings. The predicted octanol–water partition coefficient (Wildman–Crippen LogP) is 3.87. The molecule has 0 saturated carbocycles. The molecule has 0 spiro atoms. The number of thiazole rings is 1. The number of fused-ring (bicyclic) bond motifs is 1. The molecular weight excluding hydrogens is 332 g/mol. The van der Waals surface area contributed by atoms with Gasteiger partial charge in [0.15, 0.2) is 0 Å². The molecule has 3 atom stereocenters. The summed E-state index contributed by atoms with van der Waals surface area (Å²) in [6, 6.07) is 10.5. The molecule has 0 unspecified atom stereocenters. The normalized spacial score (nSPS) is 23.2. The summed E-state index contributed by atoms with van der Waals surface area (Å²) >= 11 is 1.54. The van der Waals surface area contributed by atoms with Crippen LogP contribution < -0.4 is 0 Å². The molecule has 2 aromatic heterocycles. The van der Waals surface area contributed by atoms with E-state index in [1.54, 1.807) is 15.9 Å². The number of aromatic nitrogens is 3. The summed E-state index contributed by atoms with van der Waals surface area (Å²) in [7, 11) is 0. The van der Waals surface area contributed by atoms with Gasteiger partial charge in [0.1, 0.15) is 5.82 Å². The van der Waals surface area contributed by atoms with Crippen molar-refractivity contribution in [2.24, 2.45) is 11.8 Å². The Bertz CT molecular complexity index is 862. The SMILES string of the molecule is Cc1nc2sc([C@H](c3ccccc3)N3C[C@H](C)C[C@@H](C)C3)c(O)n2n1. The maximum atomic E-state index is 10.8. The van der Waals surface area contributed by atoms with Crippen molar-refractivity contribution in [3.8, 4) is 5.88 Å². The number of hydrogen-bond acceptors (Lipinski definition) is 5. The number of nitrogens with zero attached hydrogens (tertiary/aromatic N) is 4. The first-order valence-electron chi connectivity index (χ1n) is 8.87. The van der Waals surface area contributed by atoms with Crippen LogP contribution in [-0.4, -0.2) is 37.7 Å². The summed E-state index contributed by atoms with van der Waals surface area (Å²) in [5, 5.41) is 15.2. The molecule has 1 aromatic carbocycles. The van der Waals surface area contributed by atoms with Gasteiger partial charge in [0.25, 0.3) is 0 Å². The lowest BCUT2D eigenvalue weighted by Gasteiger charge is -2.40. The lowest BCUT2D eigenvalue weighted by Crippen LogP contribution is -2.41. The van der Waals surface area contributed by atoms with Crippen molar-refractivity contribution in [2.45, 2.75) is 33.2 Å². The average molecular weight is 356 g/mol. The van der Waals surface area contributed by atoms with E-state index in [4.69, 9.17) is 0 Å². The van der Waals surface area contributed by atoms with Crippen LogP contribution >= 0.6 is 11.3 Å². The van der Waals surface area contributed by atoms with Crippen LogP contribution in [0.2, 0.25) is 0 Å². The van der Waals surface area contributed by atoms with E-state index in [-0.39, 0.29) is 11.9 Å². The zero-order chi connectivity index (χ0) is 17.6. The molecule has 1 aliphatic rings. The summed E-state index contributed by atoms with van der Waals surface area (Å²) in [5.41, 5.74) is 1.21. The van der Waals surface area contributed by atoms with Crippen molar-refractivity contribution in [1.29, 1.82) is 0 Å². The molecule has 5 nitrogen and oxygen atoms in total. The Balaban J connectivity index is 1.82. The number of aromatic hydroxyl groups is 1. The minimum Gasteiger partial charge on any atom is -0.492 e. The first-order chi connectivity index (χ1) is 12.0. The Labute approximate surface area is 151 Å². The van der Waals surface area contributed by atoms with Crippen molar-refractivity contribution in [2.75, 3.05) is 13.1 Å². The number of aryl methyl sites for hydroxylation is 1. The molecule has 4 rings (SSSR count). The highest BCUT2D eigenvalue weighted by Gasteiger charge is 2.33. The van der Waals surface area contributed by atoms with E-state index in [2.05, 4.69) is 53.1 Å². The van der Waals surface area contributed by atoms with Crippen molar-refractivity contribution in [3.05, 3.63) is 46.6 Å². The molecule has 1 N–H and O–H groups in total. The summed E-state index contributed by atoms with van der Waals surface area (Å²) in [5.74, 6) is 2.22. The first kappa shape index (κ1) is 16.5. The predicted molar refractivity (Wildman–Crippen MR) is 100 cm³/mol. The molecule has 0 bridgehead atoms. The monoisotopic (exact) mass is 356 g/mol. The van der Waals surface area contributed by atoms with Crippen molar-refractivity contribution < 1.29 is 5.11 Å². The largest absolute Gasteiger partial charge is 0.492 e. The highest BCUT2D eigenvalue weighted by atomic mass is 32.1. The smallest absolute Gasteiger partial charge is 0.230 e. The summed E-state index contributed by atoms with van der Waals surface area (Å²) < 4.78 is 1.57. The Morgan fingerprint density at radius 2 is 1.84 bits per heavy atom. The van der Waals surface area contributed by atoms with Gasteiger partial charge in [-0.15, -0.1) is 5.10 Å². The molecule has 1 aliphatic heterocycles. The fraction of sp³-hybridized carbons (Fsp3) is 0.474. The third kappa shape index (κ3) is 3.04. The second-order valence-electron chi connectivity index (χ2n) is 7.36. The van der Waals surface area contributed by atoms with E-state index in [1.165, 1.54) is 12.0 Å². The van der Waals surface area contributed by atoms with Gasteiger partial charge < -0.3 is 5.11 Å². The molecule has 6 heteroatoms. The van der Waals surface area contributed by atoms with Crippen LogP contribution in [-0.2, 0) is 0 Å². The maximum absolute atomic E-state index is 10.8. The van der Waals surface area contributed by atoms with Crippen LogP contribution in [0.15, 0.2) is 30.3 Å². The molecule has 132 valence electrons. The Hall–Kier alpha value is -1.92. The quantitative estimate of drug-likeness (QED) is 0.774. The van der Waals surface area contributed by atoms with E-state index in [1.807, 2.05) is 13.0 Å². The van der Waals surface area contributed by atoms with Gasteiger partial charge in [-0.3, -0.25) is 4.90 Å². The molecule has 1 saturated heterocycles. The number of piperidine rings is 1. The zero-order valence-electron chi connectivity index (χ0n) is 14.9. The van der Waals surface area contributed by atoms with E-state index in [0.29, 0.717) is 17.7 Å². The van der Waals surface area contributed by atoms with Gasteiger partial charge in [0, 0.05) is 13.1 Å². The first-order valence-corrected chi connectivity index (χ1v) is 9.68. The van der Waals surface area contributed by atoms with E-state index in [9.17, 15) is 5.11 Å².